The Balaban J connectivity index is 2.41. The zero-order chi connectivity index (χ0) is 27.2. The summed E-state index contributed by atoms with van der Waals surface area (Å²) in [6.07, 6.45) is 4.12. The van der Waals surface area contributed by atoms with Gasteiger partial charge in [0.05, 0.1) is 0 Å². The molecule has 2 rings (SSSR count). The van der Waals surface area contributed by atoms with E-state index < -0.39 is 36.9 Å². The van der Waals surface area contributed by atoms with Crippen LogP contribution in [0.1, 0.15) is 82.1 Å². The third-order valence-electron chi connectivity index (χ3n) is 7.71. The molecule has 0 aromatic rings. The standard InChI is InChI=1S/C28H48O6Si/c1-18-13-14-19-15-28(23(30)33-25(2,3)4,24(31)34-26(5,6)7)16-21(29)22(19)20(18)17-32-35(11,12)27(8,9)10/h13-14,18-20,22H,15-17H2,1-12H3/t18-,19+,20+,22+/m1/s1. The van der Waals surface area contributed by atoms with Crippen LogP contribution in [0.2, 0.25) is 18.1 Å². The summed E-state index contributed by atoms with van der Waals surface area (Å²) in [6.45, 7) is 24.2. The molecular weight excluding hydrogens is 460 g/mol. The summed E-state index contributed by atoms with van der Waals surface area (Å²) in [5.74, 6) is -1.81. The van der Waals surface area contributed by atoms with Gasteiger partial charge < -0.3 is 13.9 Å². The van der Waals surface area contributed by atoms with Crippen molar-refractivity contribution in [2.75, 3.05) is 6.61 Å². The lowest BCUT2D eigenvalue weighted by molar-refractivity contribution is -0.191. The van der Waals surface area contributed by atoms with Crippen LogP contribution in [0.4, 0.5) is 0 Å². The van der Waals surface area contributed by atoms with Crippen LogP contribution in [0.5, 0.6) is 0 Å². The average molecular weight is 509 g/mol. The van der Waals surface area contributed by atoms with Gasteiger partial charge in [-0.3, -0.25) is 14.4 Å². The number of carbonyl (C=O) groups excluding carboxylic acids is 3. The van der Waals surface area contributed by atoms with Crippen molar-refractivity contribution in [3.63, 3.8) is 0 Å². The lowest BCUT2D eigenvalue weighted by Gasteiger charge is -2.47. The molecule has 0 aromatic carbocycles. The van der Waals surface area contributed by atoms with Gasteiger partial charge in [0, 0.05) is 18.9 Å². The number of esters is 2. The van der Waals surface area contributed by atoms with Crippen molar-refractivity contribution in [2.24, 2.45) is 29.1 Å². The molecule has 2 aliphatic rings. The number of carbonyl (C=O) groups is 3. The number of hydrogen-bond donors (Lipinski definition) is 0. The van der Waals surface area contributed by atoms with Crippen LogP contribution in [0.15, 0.2) is 12.2 Å². The minimum Gasteiger partial charge on any atom is -0.459 e. The fraction of sp³-hybridized carbons (Fsp3) is 0.821. The minimum atomic E-state index is -2.00. The van der Waals surface area contributed by atoms with Crippen molar-refractivity contribution in [2.45, 2.75) is 111 Å². The molecule has 0 spiro atoms. The van der Waals surface area contributed by atoms with Gasteiger partial charge in [-0.15, -0.1) is 0 Å². The van der Waals surface area contributed by atoms with Gasteiger partial charge in [0.1, 0.15) is 17.0 Å². The Kier molecular flexibility index (Phi) is 8.31. The van der Waals surface area contributed by atoms with E-state index in [4.69, 9.17) is 13.9 Å². The largest absolute Gasteiger partial charge is 0.459 e. The van der Waals surface area contributed by atoms with Crippen molar-refractivity contribution >= 4 is 26.0 Å². The summed E-state index contributed by atoms with van der Waals surface area (Å²) in [6, 6.07) is 0. The summed E-state index contributed by atoms with van der Waals surface area (Å²) in [5.41, 5.74) is -3.22. The Morgan fingerprint density at radius 3 is 1.86 bits per heavy atom. The second-order valence-electron chi connectivity index (χ2n) is 14.1. The van der Waals surface area contributed by atoms with E-state index in [9.17, 15) is 14.4 Å². The Morgan fingerprint density at radius 1 is 0.943 bits per heavy atom. The highest BCUT2D eigenvalue weighted by Crippen LogP contribution is 2.50. The average Bonchev–Trinajstić information content (AvgIpc) is 2.63. The maximum Gasteiger partial charge on any atom is 0.324 e. The van der Waals surface area contributed by atoms with E-state index in [1.165, 1.54) is 0 Å². The van der Waals surface area contributed by atoms with E-state index in [-0.39, 0.29) is 47.3 Å². The molecule has 200 valence electrons. The van der Waals surface area contributed by atoms with Crippen molar-refractivity contribution in [3.8, 4) is 0 Å². The summed E-state index contributed by atoms with van der Waals surface area (Å²) >= 11 is 0. The van der Waals surface area contributed by atoms with E-state index in [1.54, 1.807) is 41.5 Å². The van der Waals surface area contributed by atoms with E-state index in [0.29, 0.717) is 6.61 Å². The lowest BCUT2D eigenvalue weighted by Crippen LogP contribution is -2.55. The Labute approximate surface area is 213 Å². The fourth-order valence-corrected chi connectivity index (χ4v) is 5.75. The number of Topliss-reactive ketones (excluding diaryl/α,β-unsaturated/α-hetero) is 1. The zero-order valence-corrected chi connectivity index (χ0v) is 25.0. The smallest absolute Gasteiger partial charge is 0.324 e. The van der Waals surface area contributed by atoms with Gasteiger partial charge in [-0.2, -0.15) is 0 Å². The van der Waals surface area contributed by atoms with Gasteiger partial charge in [-0.1, -0.05) is 39.8 Å². The molecule has 4 atom stereocenters. The molecule has 0 aliphatic heterocycles. The van der Waals surface area contributed by atoms with E-state index >= 15 is 0 Å². The predicted octanol–water partition coefficient (Wildman–Crippen LogP) is 6.10. The van der Waals surface area contributed by atoms with Crippen molar-refractivity contribution < 1.29 is 28.3 Å². The predicted molar refractivity (Wildman–Crippen MR) is 140 cm³/mol. The van der Waals surface area contributed by atoms with Gasteiger partial charge in [-0.25, -0.2) is 0 Å². The first kappa shape index (κ1) is 29.8. The first-order chi connectivity index (χ1) is 15.6. The first-order valence-corrected chi connectivity index (χ1v) is 15.8. The molecule has 35 heavy (non-hydrogen) atoms. The van der Waals surface area contributed by atoms with E-state index in [1.807, 2.05) is 6.08 Å². The second-order valence-corrected chi connectivity index (χ2v) is 18.9. The SMILES string of the molecule is C[C@@H]1C=C[C@H]2CC(C(=O)OC(C)(C)C)(C(=O)OC(C)(C)C)CC(=O)[C@@H]2[C@H]1CO[Si](C)(C)C(C)(C)C. The number of allylic oxidation sites excluding steroid dienone is 2. The normalized spacial score (nSPS) is 27.3. The Hall–Kier alpha value is -1.47. The molecule has 2 aliphatic carbocycles. The maximum absolute atomic E-state index is 13.8. The highest BCUT2D eigenvalue weighted by atomic mass is 28.4. The number of rotatable bonds is 5. The molecule has 7 heteroatoms. The molecular formula is C28H48O6Si. The topological polar surface area (TPSA) is 78.9 Å². The molecule has 0 saturated heterocycles. The number of hydrogen-bond acceptors (Lipinski definition) is 6. The van der Waals surface area contributed by atoms with Crippen LogP contribution in [0, 0.1) is 29.1 Å². The Morgan fingerprint density at radius 2 is 1.43 bits per heavy atom. The third-order valence-corrected chi connectivity index (χ3v) is 12.2. The molecule has 1 saturated carbocycles. The van der Waals surface area contributed by atoms with Crippen LogP contribution in [0.25, 0.3) is 0 Å². The molecule has 0 aromatic heterocycles. The molecule has 0 radical (unpaired) electrons. The quantitative estimate of drug-likeness (QED) is 0.193. The Bertz CT molecular complexity index is 824. The highest BCUT2D eigenvalue weighted by Gasteiger charge is 2.59. The number of ether oxygens (including phenoxy) is 2. The number of ketones is 1. The summed E-state index contributed by atoms with van der Waals surface area (Å²) in [7, 11) is -2.00. The van der Waals surface area contributed by atoms with Crippen molar-refractivity contribution in [3.05, 3.63) is 12.2 Å². The third kappa shape index (κ3) is 6.85. The molecule has 0 amide bonds. The van der Waals surface area contributed by atoms with Crippen LogP contribution >= 0.6 is 0 Å². The van der Waals surface area contributed by atoms with Gasteiger partial charge in [-0.05, 0) is 83.8 Å². The molecule has 0 N–H and O–H groups in total. The van der Waals surface area contributed by atoms with Crippen LogP contribution in [0.3, 0.4) is 0 Å². The van der Waals surface area contributed by atoms with Crippen molar-refractivity contribution in [1.82, 2.24) is 0 Å². The van der Waals surface area contributed by atoms with Gasteiger partial charge >= 0.3 is 11.9 Å². The van der Waals surface area contributed by atoms with Crippen LogP contribution < -0.4 is 0 Å². The maximum atomic E-state index is 13.8. The van der Waals surface area contributed by atoms with Crippen LogP contribution in [-0.4, -0.2) is 43.8 Å². The zero-order valence-electron chi connectivity index (χ0n) is 24.0. The second kappa shape index (κ2) is 9.77. The van der Waals surface area contributed by atoms with Crippen molar-refractivity contribution in [1.29, 1.82) is 0 Å². The van der Waals surface area contributed by atoms with Crippen LogP contribution in [-0.2, 0) is 28.3 Å². The summed E-state index contributed by atoms with van der Waals surface area (Å²) < 4.78 is 17.9. The molecule has 0 bridgehead atoms. The molecule has 0 heterocycles. The molecule has 0 unspecified atom stereocenters. The first-order valence-electron chi connectivity index (χ1n) is 12.9. The van der Waals surface area contributed by atoms with Gasteiger partial charge in [0.25, 0.3) is 0 Å². The summed E-state index contributed by atoms with van der Waals surface area (Å²) in [5, 5.41) is 0.0688. The van der Waals surface area contributed by atoms with E-state index in [2.05, 4.69) is 46.9 Å². The summed E-state index contributed by atoms with van der Waals surface area (Å²) in [4.78, 5) is 40.7. The lowest BCUT2D eigenvalue weighted by atomic mass is 9.58. The minimum absolute atomic E-state index is 0.00176. The van der Waals surface area contributed by atoms with Gasteiger partial charge in [0.2, 0.25) is 0 Å². The monoisotopic (exact) mass is 508 g/mol. The molecule has 1 fully saturated rings. The molecule has 6 nitrogen and oxygen atoms in total. The highest BCUT2D eigenvalue weighted by molar-refractivity contribution is 6.74. The van der Waals surface area contributed by atoms with Gasteiger partial charge in [0.15, 0.2) is 13.7 Å². The van der Waals surface area contributed by atoms with E-state index in [0.717, 1.165) is 0 Å². The number of fused-ring (bicyclic) bond motifs is 1. The fourth-order valence-electron chi connectivity index (χ4n) is 4.71.